The van der Waals surface area contributed by atoms with Gasteiger partial charge in [0, 0.05) is 0 Å². The summed E-state index contributed by atoms with van der Waals surface area (Å²) in [4.78, 5) is 0. The third kappa shape index (κ3) is 4.14. The van der Waals surface area contributed by atoms with Crippen LogP contribution in [0, 0.1) is 12.7 Å². The van der Waals surface area contributed by atoms with Gasteiger partial charge in [0.15, 0.2) is 0 Å². The first-order valence-corrected chi connectivity index (χ1v) is 5.86. The van der Waals surface area contributed by atoms with Gasteiger partial charge in [-0.2, -0.15) is 13.2 Å². The molecular formula is C12H14ClF4N. The molecule has 1 rings (SSSR count). The van der Waals surface area contributed by atoms with Crippen LogP contribution in [0.4, 0.5) is 17.6 Å². The summed E-state index contributed by atoms with van der Waals surface area (Å²) in [5.74, 6) is -0.493. The van der Waals surface area contributed by atoms with Gasteiger partial charge in [-0.05, 0) is 43.4 Å². The van der Waals surface area contributed by atoms with Crippen LogP contribution in [0.2, 0.25) is 5.02 Å². The Kier molecular flexibility index (Phi) is 4.99. The molecule has 0 saturated carbocycles. The molecule has 1 atom stereocenters. The average molecular weight is 284 g/mol. The van der Waals surface area contributed by atoms with E-state index in [1.165, 1.54) is 6.07 Å². The van der Waals surface area contributed by atoms with Gasteiger partial charge in [-0.25, -0.2) is 4.39 Å². The molecule has 102 valence electrons. The zero-order chi connectivity index (χ0) is 13.9. The number of alkyl halides is 3. The van der Waals surface area contributed by atoms with Crippen molar-refractivity contribution in [3.63, 3.8) is 0 Å². The lowest BCUT2D eigenvalue weighted by Crippen LogP contribution is -2.37. The Morgan fingerprint density at radius 1 is 1.33 bits per heavy atom. The van der Waals surface area contributed by atoms with E-state index in [2.05, 4.69) is 0 Å². The first-order valence-electron chi connectivity index (χ1n) is 5.48. The summed E-state index contributed by atoms with van der Waals surface area (Å²) in [5.41, 5.74) is 6.09. The summed E-state index contributed by atoms with van der Waals surface area (Å²) >= 11 is 5.65. The molecule has 0 fully saturated rings. The van der Waals surface area contributed by atoms with Crippen molar-refractivity contribution in [1.82, 2.24) is 0 Å². The highest BCUT2D eigenvalue weighted by Crippen LogP contribution is 2.24. The Bertz CT molecular complexity index is 394. The molecule has 0 saturated heterocycles. The summed E-state index contributed by atoms with van der Waals surface area (Å²) in [6.45, 7) is 1.56. The Labute approximate surface area is 108 Å². The standard InChI is InChI=1S/C12H14ClF4N/c1-7-5-8(6-9(13)11(7)14)3-2-4-10(18)12(15,16)17/h5-6,10H,2-4,18H2,1H3/t10-/m1/s1. The van der Waals surface area contributed by atoms with Gasteiger partial charge in [0.2, 0.25) is 0 Å². The monoisotopic (exact) mass is 283 g/mol. The lowest BCUT2D eigenvalue weighted by atomic mass is 10.0. The number of aryl methyl sites for hydroxylation is 2. The molecule has 0 aliphatic heterocycles. The molecule has 0 aromatic heterocycles. The fourth-order valence-electron chi connectivity index (χ4n) is 1.63. The highest BCUT2D eigenvalue weighted by Gasteiger charge is 2.35. The first-order chi connectivity index (χ1) is 8.21. The van der Waals surface area contributed by atoms with E-state index in [4.69, 9.17) is 17.3 Å². The van der Waals surface area contributed by atoms with Gasteiger partial charge in [0.05, 0.1) is 5.02 Å². The molecule has 0 spiro atoms. The maximum absolute atomic E-state index is 13.2. The largest absolute Gasteiger partial charge is 0.403 e. The molecule has 0 unspecified atom stereocenters. The Morgan fingerprint density at radius 3 is 2.44 bits per heavy atom. The molecule has 2 N–H and O–H groups in total. The SMILES string of the molecule is Cc1cc(CCC[C@@H](N)C(F)(F)F)cc(Cl)c1F. The Balaban J connectivity index is 2.55. The molecule has 0 aliphatic rings. The van der Waals surface area contributed by atoms with Crippen molar-refractivity contribution in [3.05, 3.63) is 34.1 Å². The molecule has 18 heavy (non-hydrogen) atoms. The van der Waals surface area contributed by atoms with Gasteiger partial charge in [0.25, 0.3) is 0 Å². The minimum atomic E-state index is -4.36. The van der Waals surface area contributed by atoms with Crippen molar-refractivity contribution < 1.29 is 17.6 Å². The van der Waals surface area contributed by atoms with Gasteiger partial charge in [-0.3, -0.25) is 0 Å². The zero-order valence-corrected chi connectivity index (χ0v) is 10.6. The van der Waals surface area contributed by atoms with Gasteiger partial charge >= 0.3 is 6.18 Å². The number of halogens is 5. The lowest BCUT2D eigenvalue weighted by Gasteiger charge is -2.15. The van der Waals surface area contributed by atoms with E-state index >= 15 is 0 Å². The van der Waals surface area contributed by atoms with E-state index < -0.39 is 18.0 Å². The second-order valence-corrected chi connectivity index (χ2v) is 4.66. The minimum absolute atomic E-state index is 0.00915. The number of hydrogen-bond acceptors (Lipinski definition) is 1. The molecule has 0 aliphatic carbocycles. The van der Waals surface area contributed by atoms with Crippen LogP contribution in [0.5, 0.6) is 0 Å². The van der Waals surface area contributed by atoms with Crippen LogP contribution in [-0.4, -0.2) is 12.2 Å². The van der Waals surface area contributed by atoms with Crippen LogP contribution >= 0.6 is 11.6 Å². The van der Waals surface area contributed by atoms with E-state index in [1.807, 2.05) is 0 Å². The fraction of sp³-hybridized carbons (Fsp3) is 0.500. The first kappa shape index (κ1) is 15.2. The van der Waals surface area contributed by atoms with E-state index in [9.17, 15) is 17.6 Å². The van der Waals surface area contributed by atoms with Crippen LogP contribution in [0.15, 0.2) is 12.1 Å². The molecule has 1 aromatic carbocycles. The molecular weight excluding hydrogens is 270 g/mol. The van der Waals surface area contributed by atoms with Gasteiger partial charge in [-0.1, -0.05) is 17.7 Å². The number of benzene rings is 1. The summed E-state index contributed by atoms with van der Waals surface area (Å²) in [6.07, 6.45) is -3.85. The highest BCUT2D eigenvalue weighted by atomic mass is 35.5. The van der Waals surface area contributed by atoms with Crippen molar-refractivity contribution in [1.29, 1.82) is 0 Å². The molecule has 0 heterocycles. The predicted molar refractivity (Wildman–Crippen MR) is 63.1 cm³/mol. The normalized spacial score (nSPS) is 13.7. The predicted octanol–water partition coefficient (Wildman–Crippen LogP) is 4.00. The molecule has 6 heteroatoms. The maximum atomic E-state index is 13.2. The van der Waals surface area contributed by atoms with E-state index in [-0.39, 0.29) is 17.9 Å². The molecule has 0 radical (unpaired) electrons. The van der Waals surface area contributed by atoms with Crippen LogP contribution in [0.1, 0.15) is 24.0 Å². The van der Waals surface area contributed by atoms with E-state index in [0.29, 0.717) is 17.5 Å². The van der Waals surface area contributed by atoms with Crippen molar-refractivity contribution in [2.24, 2.45) is 5.73 Å². The molecule has 0 bridgehead atoms. The Morgan fingerprint density at radius 2 is 1.94 bits per heavy atom. The molecule has 0 amide bonds. The maximum Gasteiger partial charge on any atom is 0.403 e. The average Bonchev–Trinajstić information content (AvgIpc) is 2.24. The number of rotatable bonds is 4. The van der Waals surface area contributed by atoms with E-state index in [1.54, 1.807) is 13.0 Å². The highest BCUT2D eigenvalue weighted by molar-refractivity contribution is 6.30. The minimum Gasteiger partial charge on any atom is -0.320 e. The van der Waals surface area contributed by atoms with Crippen molar-refractivity contribution >= 4 is 11.6 Å². The smallest absolute Gasteiger partial charge is 0.320 e. The second kappa shape index (κ2) is 5.89. The van der Waals surface area contributed by atoms with Gasteiger partial charge < -0.3 is 5.73 Å². The van der Waals surface area contributed by atoms with Crippen molar-refractivity contribution in [2.75, 3.05) is 0 Å². The topological polar surface area (TPSA) is 26.0 Å². The zero-order valence-electron chi connectivity index (χ0n) is 9.82. The summed E-state index contributed by atoms with van der Waals surface area (Å²) in [5, 5.41) is -0.00915. The fourth-order valence-corrected chi connectivity index (χ4v) is 1.92. The summed E-state index contributed by atoms with van der Waals surface area (Å²) in [7, 11) is 0. The third-order valence-corrected chi connectivity index (χ3v) is 2.95. The lowest BCUT2D eigenvalue weighted by molar-refractivity contribution is -0.149. The number of hydrogen-bond donors (Lipinski definition) is 1. The summed E-state index contributed by atoms with van der Waals surface area (Å²) < 4.78 is 49.7. The Hall–Kier alpha value is -0.810. The second-order valence-electron chi connectivity index (χ2n) is 4.25. The quantitative estimate of drug-likeness (QED) is 0.831. The van der Waals surface area contributed by atoms with Gasteiger partial charge in [-0.15, -0.1) is 0 Å². The van der Waals surface area contributed by atoms with Crippen molar-refractivity contribution in [3.8, 4) is 0 Å². The number of nitrogens with two attached hydrogens (primary N) is 1. The third-order valence-electron chi connectivity index (χ3n) is 2.67. The van der Waals surface area contributed by atoms with Crippen LogP contribution in [-0.2, 0) is 6.42 Å². The van der Waals surface area contributed by atoms with Crippen molar-refractivity contribution in [2.45, 2.75) is 38.4 Å². The van der Waals surface area contributed by atoms with Crippen LogP contribution < -0.4 is 5.73 Å². The van der Waals surface area contributed by atoms with Gasteiger partial charge in [0.1, 0.15) is 11.9 Å². The molecule has 1 nitrogen and oxygen atoms in total. The molecule has 1 aromatic rings. The summed E-state index contributed by atoms with van der Waals surface area (Å²) in [6, 6.07) is 1.21. The van der Waals surface area contributed by atoms with Crippen LogP contribution in [0.3, 0.4) is 0 Å². The van der Waals surface area contributed by atoms with E-state index in [0.717, 1.165) is 0 Å². The van der Waals surface area contributed by atoms with Crippen LogP contribution in [0.25, 0.3) is 0 Å².